The fraction of sp³-hybridized carbons (Fsp3) is 0.429. The van der Waals surface area contributed by atoms with Gasteiger partial charge in [0, 0.05) is 18.8 Å². The Morgan fingerprint density at radius 1 is 1.22 bits per heavy atom. The molecule has 196 valence electrons. The first-order chi connectivity index (χ1) is 17.8. The molecule has 3 heterocycles. The van der Waals surface area contributed by atoms with E-state index in [1.165, 1.54) is 17.8 Å². The van der Waals surface area contributed by atoms with Crippen LogP contribution in [-0.4, -0.2) is 59.1 Å². The smallest absolute Gasteiger partial charge is 0.338 e. The lowest BCUT2D eigenvalue weighted by molar-refractivity contribution is -0.151. The molecule has 0 aliphatic carbocycles. The highest BCUT2D eigenvalue weighted by molar-refractivity contribution is 8.16. The van der Waals surface area contributed by atoms with E-state index in [0.717, 1.165) is 34.8 Å². The number of ether oxygens (including phenoxy) is 2. The molecule has 0 spiro atoms. The molecule has 8 nitrogen and oxygen atoms in total. The van der Waals surface area contributed by atoms with Crippen LogP contribution in [0.5, 0.6) is 0 Å². The van der Waals surface area contributed by atoms with E-state index >= 15 is 0 Å². The largest absolute Gasteiger partial charge is 0.466 e. The summed E-state index contributed by atoms with van der Waals surface area (Å²) in [5, 5.41) is 2.65. The fourth-order valence-electron chi connectivity index (χ4n) is 4.95. The van der Waals surface area contributed by atoms with E-state index in [0.29, 0.717) is 31.0 Å². The summed E-state index contributed by atoms with van der Waals surface area (Å²) in [5.74, 6) is -1.06. The van der Waals surface area contributed by atoms with Gasteiger partial charge < -0.3 is 19.3 Å². The number of aryl methyl sites for hydroxylation is 1. The molecule has 1 aromatic carbocycles. The number of carbonyl (C=O) groups is 3. The minimum absolute atomic E-state index is 0.0623. The van der Waals surface area contributed by atoms with Crippen LogP contribution in [0.2, 0.25) is 0 Å². The zero-order valence-corrected chi connectivity index (χ0v) is 22.4. The number of hydrogen-bond donors (Lipinski definition) is 0. The van der Waals surface area contributed by atoms with Gasteiger partial charge in [-0.2, -0.15) is 0 Å². The Morgan fingerprint density at radius 3 is 2.73 bits per heavy atom. The van der Waals surface area contributed by atoms with Gasteiger partial charge in [-0.15, -0.1) is 0 Å². The quantitative estimate of drug-likeness (QED) is 0.366. The maximum Gasteiger partial charge on any atom is 0.338 e. The van der Waals surface area contributed by atoms with Crippen LogP contribution in [0, 0.1) is 12.8 Å². The number of fused-ring (bicyclic) bond motifs is 1. The minimum atomic E-state index is -0.478. The molecule has 3 aliphatic rings. The third-order valence-corrected chi connectivity index (χ3v) is 7.65. The summed E-state index contributed by atoms with van der Waals surface area (Å²) in [6.45, 7) is 10.6. The Balaban J connectivity index is 1.61. The number of rotatable bonds is 8. The predicted molar refractivity (Wildman–Crippen MR) is 143 cm³/mol. The standard InChI is InChI=1S/C28H33N3O5S/c1-5-14-36-27(34)24-19(4)29-28-31(25(24)22-12-8-7-10-18(22)3)21(17-37-28)15-23(32)30-13-9-11-20(16-30)26(33)35-6-2/h5,7-8,10,12,17,20,25H,1,6,9,11,13-16H2,2-4H3/t20-,25+/m1/s1. The van der Waals surface area contributed by atoms with Crippen molar-refractivity contribution in [2.45, 2.75) is 46.1 Å². The SMILES string of the molecule is C=CCOC(=O)C1=C(C)N=C2SC=C(CC(=O)N3CCC[C@@H](C(=O)OCC)C3)N2[C@H]1c1ccccc1C. The molecule has 1 amide bonds. The second-order valence-electron chi connectivity index (χ2n) is 9.24. The van der Waals surface area contributed by atoms with Gasteiger partial charge in [-0.05, 0) is 50.1 Å². The third kappa shape index (κ3) is 5.66. The predicted octanol–water partition coefficient (Wildman–Crippen LogP) is 4.49. The molecule has 0 radical (unpaired) electrons. The van der Waals surface area contributed by atoms with Crippen molar-refractivity contribution in [2.75, 3.05) is 26.3 Å². The van der Waals surface area contributed by atoms with Gasteiger partial charge in [0.2, 0.25) is 5.91 Å². The summed E-state index contributed by atoms with van der Waals surface area (Å²) in [6, 6.07) is 7.42. The summed E-state index contributed by atoms with van der Waals surface area (Å²) in [7, 11) is 0. The summed E-state index contributed by atoms with van der Waals surface area (Å²) >= 11 is 1.44. The van der Waals surface area contributed by atoms with E-state index in [9.17, 15) is 14.4 Å². The molecule has 3 aliphatic heterocycles. The first-order valence-corrected chi connectivity index (χ1v) is 13.5. The van der Waals surface area contributed by atoms with Crippen LogP contribution in [0.3, 0.4) is 0 Å². The number of aliphatic imine (C=N–C) groups is 1. The maximum atomic E-state index is 13.4. The normalized spacial score (nSPS) is 21.2. The summed E-state index contributed by atoms with van der Waals surface area (Å²) < 4.78 is 10.6. The average molecular weight is 524 g/mol. The van der Waals surface area contributed by atoms with Gasteiger partial charge in [-0.1, -0.05) is 48.7 Å². The molecule has 9 heteroatoms. The lowest BCUT2D eigenvalue weighted by atomic mass is 9.91. The summed E-state index contributed by atoms with van der Waals surface area (Å²) in [5.41, 5.74) is 3.77. The zero-order valence-electron chi connectivity index (χ0n) is 21.6. The highest BCUT2D eigenvalue weighted by atomic mass is 32.2. The number of amidine groups is 1. The Hall–Kier alpha value is -3.33. The second-order valence-corrected chi connectivity index (χ2v) is 10.1. The molecule has 2 atom stereocenters. The lowest BCUT2D eigenvalue weighted by Gasteiger charge is -2.38. The number of benzene rings is 1. The maximum absolute atomic E-state index is 13.4. The zero-order chi connectivity index (χ0) is 26.5. The van der Waals surface area contributed by atoms with Crippen molar-refractivity contribution in [3.63, 3.8) is 0 Å². The van der Waals surface area contributed by atoms with E-state index in [4.69, 9.17) is 14.5 Å². The van der Waals surface area contributed by atoms with Crippen LogP contribution in [0.4, 0.5) is 0 Å². The molecule has 0 aromatic heterocycles. The molecule has 0 N–H and O–H groups in total. The van der Waals surface area contributed by atoms with Gasteiger partial charge in [0.15, 0.2) is 5.17 Å². The first kappa shape index (κ1) is 26.7. The number of allylic oxidation sites excluding steroid dienone is 1. The first-order valence-electron chi connectivity index (χ1n) is 12.6. The molecule has 0 bridgehead atoms. The van der Waals surface area contributed by atoms with Gasteiger partial charge in [0.25, 0.3) is 0 Å². The van der Waals surface area contributed by atoms with Crippen molar-refractivity contribution < 1.29 is 23.9 Å². The highest BCUT2D eigenvalue weighted by Gasteiger charge is 2.42. The average Bonchev–Trinajstić information content (AvgIpc) is 3.28. The molecular formula is C28H33N3O5S. The molecule has 1 fully saturated rings. The molecule has 4 rings (SSSR count). The van der Waals surface area contributed by atoms with Crippen LogP contribution >= 0.6 is 11.8 Å². The Labute approximate surface area is 222 Å². The molecule has 0 saturated carbocycles. The number of esters is 2. The van der Waals surface area contributed by atoms with Crippen molar-refractivity contribution in [3.05, 3.63) is 70.4 Å². The lowest BCUT2D eigenvalue weighted by Crippen LogP contribution is -2.44. The molecule has 37 heavy (non-hydrogen) atoms. The third-order valence-electron chi connectivity index (χ3n) is 6.76. The minimum Gasteiger partial charge on any atom is -0.466 e. The highest BCUT2D eigenvalue weighted by Crippen LogP contribution is 2.45. The van der Waals surface area contributed by atoms with Gasteiger partial charge in [0.1, 0.15) is 6.61 Å². The topological polar surface area (TPSA) is 88.5 Å². The second kappa shape index (κ2) is 11.8. The van der Waals surface area contributed by atoms with E-state index in [1.807, 2.05) is 48.4 Å². The molecule has 1 saturated heterocycles. The fourth-order valence-corrected chi connectivity index (χ4v) is 5.92. The van der Waals surface area contributed by atoms with Crippen molar-refractivity contribution in [1.29, 1.82) is 0 Å². The van der Waals surface area contributed by atoms with Crippen molar-refractivity contribution in [2.24, 2.45) is 10.9 Å². The number of nitrogens with zero attached hydrogens (tertiary/aromatic N) is 3. The molecular weight excluding hydrogens is 490 g/mol. The van der Waals surface area contributed by atoms with Crippen LogP contribution in [0.25, 0.3) is 0 Å². The number of hydrogen-bond acceptors (Lipinski definition) is 8. The van der Waals surface area contributed by atoms with E-state index in [-0.39, 0.29) is 30.8 Å². The Bertz CT molecular complexity index is 1190. The molecule has 0 unspecified atom stereocenters. The van der Waals surface area contributed by atoms with Crippen LogP contribution < -0.4 is 0 Å². The van der Waals surface area contributed by atoms with E-state index in [2.05, 4.69) is 6.58 Å². The molecule has 1 aromatic rings. The summed E-state index contributed by atoms with van der Waals surface area (Å²) in [4.78, 5) is 47.4. The summed E-state index contributed by atoms with van der Waals surface area (Å²) in [6.07, 6.45) is 3.15. The van der Waals surface area contributed by atoms with Crippen molar-refractivity contribution >= 4 is 34.8 Å². The number of carbonyl (C=O) groups excluding carboxylic acids is 3. The number of amides is 1. The van der Waals surface area contributed by atoms with Crippen LogP contribution in [0.15, 0.2) is 64.3 Å². The van der Waals surface area contributed by atoms with Gasteiger partial charge in [0.05, 0.1) is 36.3 Å². The van der Waals surface area contributed by atoms with E-state index in [1.54, 1.807) is 11.8 Å². The number of likely N-dealkylation sites (tertiary alicyclic amines) is 1. The Kier molecular flexibility index (Phi) is 8.53. The van der Waals surface area contributed by atoms with Crippen LogP contribution in [-0.2, 0) is 23.9 Å². The number of piperidine rings is 1. The number of thioether (sulfide) groups is 1. The van der Waals surface area contributed by atoms with E-state index < -0.39 is 12.0 Å². The monoisotopic (exact) mass is 523 g/mol. The van der Waals surface area contributed by atoms with Crippen LogP contribution in [0.1, 0.15) is 50.3 Å². The van der Waals surface area contributed by atoms with Crippen molar-refractivity contribution in [3.8, 4) is 0 Å². The van der Waals surface area contributed by atoms with Gasteiger partial charge in [-0.25, -0.2) is 9.79 Å². The Morgan fingerprint density at radius 2 is 2.00 bits per heavy atom. The van der Waals surface area contributed by atoms with Gasteiger partial charge >= 0.3 is 11.9 Å². The van der Waals surface area contributed by atoms with Gasteiger partial charge in [-0.3, -0.25) is 9.59 Å². The van der Waals surface area contributed by atoms with Crippen molar-refractivity contribution in [1.82, 2.24) is 9.80 Å².